The maximum absolute atomic E-state index is 12.6. The molecule has 2 aromatic rings. The molecular weight excluding hydrogens is 384 g/mol. The van der Waals surface area contributed by atoms with E-state index in [1.54, 1.807) is 18.2 Å². The van der Waals surface area contributed by atoms with Gasteiger partial charge in [-0.2, -0.15) is 10.4 Å². The Morgan fingerprint density at radius 3 is 2.39 bits per heavy atom. The molecule has 0 atom stereocenters. The number of anilines is 2. The highest BCUT2D eigenvalue weighted by atomic mass is 32.2. The molecule has 0 heterocycles. The molecule has 0 radical (unpaired) electrons. The van der Waals surface area contributed by atoms with E-state index in [-0.39, 0.29) is 16.3 Å². The van der Waals surface area contributed by atoms with Gasteiger partial charge in [0.25, 0.3) is 10.0 Å². The second kappa shape index (κ2) is 8.74. The van der Waals surface area contributed by atoms with Crippen LogP contribution in [-0.4, -0.2) is 34.2 Å². The van der Waals surface area contributed by atoms with Gasteiger partial charge >= 0.3 is 0 Å². The molecule has 146 valence electrons. The summed E-state index contributed by atoms with van der Waals surface area (Å²) in [6.07, 6.45) is 0. The number of nitriles is 1. The molecule has 28 heavy (non-hydrogen) atoms. The normalized spacial score (nSPS) is 11.2. The summed E-state index contributed by atoms with van der Waals surface area (Å²) in [5, 5.41) is 19.7. The number of nitrogens with two attached hydrogens (primary N) is 1. The van der Waals surface area contributed by atoms with Crippen LogP contribution in [0.1, 0.15) is 0 Å². The maximum atomic E-state index is 12.6. The molecule has 0 aliphatic rings. The van der Waals surface area contributed by atoms with Crippen LogP contribution in [0, 0.1) is 16.7 Å². The minimum absolute atomic E-state index is 0.000947. The van der Waals surface area contributed by atoms with Gasteiger partial charge in [0.1, 0.15) is 17.6 Å². The molecule has 0 saturated carbocycles. The number of ether oxygens (including phenoxy) is 2. The predicted molar refractivity (Wildman–Crippen MR) is 105 cm³/mol. The molecule has 0 spiro atoms. The number of sulfonamides is 1. The lowest BCUT2D eigenvalue weighted by Crippen LogP contribution is -2.21. The van der Waals surface area contributed by atoms with Crippen molar-refractivity contribution in [2.75, 3.05) is 24.4 Å². The molecule has 10 nitrogen and oxygen atoms in total. The first-order valence-corrected chi connectivity index (χ1v) is 9.22. The van der Waals surface area contributed by atoms with E-state index in [0.29, 0.717) is 17.2 Å². The fourth-order valence-corrected chi connectivity index (χ4v) is 3.13. The number of rotatable bonds is 8. The van der Waals surface area contributed by atoms with Crippen LogP contribution >= 0.6 is 0 Å². The topological polar surface area (TPSA) is 163 Å². The summed E-state index contributed by atoms with van der Waals surface area (Å²) in [6.45, 7) is 0. The standard InChI is InChI=1S/C17H18N6O4S/c1-26-12-5-8-16(27-2)14(9-12)23-28(24,25)13-6-3-11(4-7-13)21-22-15(10-18)17(19)20/h3-9,21,23H,1-2H3,(H3,19,20)/b22-15+. The lowest BCUT2D eigenvalue weighted by Gasteiger charge is -2.13. The van der Waals surface area contributed by atoms with Crippen molar-refractivity contribution in [2.24, 2.45) is 10.8 Å². The number of nitrogens with one attached hydrogen (secondary N) is 3. The lowest BCUT2D eigenvalue weighted by atomic mass is 10.3. The van der Waals surface area contributed by atoms with Crippen LogP contribution in [0.4, 0.5) is 11.4 Å². The Bertz CT molecular complexity index is 1040. The van der Waals surface area contributed by atoms with Crippen LogP contribution in [0.2, 0.25) is 0 Å². The summed E-state index contributed by atoms with van der Waals surface area (Å²) >= 11 is 0. The van der Waals surface area contributed by atoms with E-state index in [4.69, 9.17) is 25.9 Å². The second-order valence-electron chi connectivity index (χ2n) is 5.29. The molecule has 5 N–H and O–H groups in total. The summed E-state index contributed by atoms with van der Waals surface area (Å²) < 4.78 is 38.0. The zero-order valence-corrected chi connectivity index (χ0v) is 15.9. The Kier molecular flexibility index (Phi) is 6.41. The SMILES string of the molecule is COc1ccc(OC)c(NS(=O)(=O)c2ccc(N/N=C(\C#N)C(=N)N)cc2)c1. The molecule has 0 bridgehead atoms. The van der Waals surface area contributed by atoms with E-state index in [1.807, 2.05) is 0 Å². The number of hydrogen-bond acceptors (Lipinski definition) is 8. The number of methoxy groups -OCH3 is 2. The Labute approximate surface area is 162 Å². The van der Waals surface area contributed by atoms with E-state index in [9.17, 15) is 8.42 Å². The van der Waals surface area contributed by atoms with Crippen molar-refractivity contribution in [3.05, 3.63) is 42.5 Å². The smallest absolute Gasteiger partial charge is 0.262 e. The van der Waals surface area contributed by atoms with Gasteiger partial charge < -0.3 is 15.2 Å². The van der Waals surface area contributed by atoms with Crippen LogP contribution < -0.4 is 25.4 Å². The predicted octanol–water partition coefficient (Wildman–Crippen LogP) is 1.73. The van der Waals surface area contributed by atoms with E-state index in [0.717, 1.165) is 0 Å². The van der Waals surface area contributed by atoms with Crippen molar-refractivity contribution >= 4 is 32.9 Å². The molecule has 2 rings (SSSR count). The van der Waals surface area contributed by atoms with Gasteiger partial charge in [0, 0.05) is 6.07 Å². The van der Waals surface area contributed by atoms with Crippen molar-refractivity contribution in [2.45, 2.75) is 4.90 Å². The largest absolute Gasteiger partial charge is 0.497 e. The van der Waals surface area contributed by atoms with Crippen LogP contribution in [0.25, 0.3) is 0 Å². The molecule has 0 amide bonds. The third-order valence-corrected chi connectivity index (χ3v) is 4.85. The lowest BCUT2D eigenvalue weighted by molar-refractivity contribution is 0.405. The number of hydrogen-bond donors (Lipinski definition) is 4. The van der Waals surface area contributed by atoms with Gasteiger partial charge in [0.05, 0.1) is 30.5 Å². The van der Waals surface area contributed by atoms with Gasteiger partial charge in [0.15, 0.2) is 5.84 Å². The first-order chi connectivity index (χ1) is 13.3. The molecular formula is C17H18N6O4S. The fraction of sp³-hybridized carbons (Fsp3) is 0.118. The van der Waals surface area contributed by atoms with Crippen LogP contribution in [0.3, 0.4) is 0 Å². The average molecular weight is 402 g/mol. The summed E-state index contributed by atoms with van der Waals surface area (Å²) in [4.78, 5) is -0.000947. The molecule has 0 unspecified atom stereocenters. The third-order valence-electron chi connectivity index (χ3n) is 3.47. The highest BCUT2D eigenvalue weighted by Crippen LogP contribution is 2.31. The Balaban J connectivity index is 2.23. The van der Waals surface area contributed by atoms with Gasteiger partial charge in [-0.3, -0.25) is 15.6 Å². The first-order valence-electron chi connectivity index (χ1n) is 7.74. The molecule has 0 aromatic heterocycles. The maximum Gasteiger partial charge on any atom is 0.262 e. The summed E-state index contributed by atoms with van der Waals surface area (Å²) in [6, 6.07) is 12.0. The fourth-order valence-electron chi connectivity index (χ4n) is 2.07. The van der Waals surface area contributed by atoms with Gasteiger partial charge in [-0.15, -0.1) is 0 Å². The van der Waals surface area contributed by atoms with Crippen molar-refractivity contribution in [1.82, 2.24) is 0 Å². The number of nitrogens with zero attached hydrogens (tertiary/aromatic N) is 2. The minimum atomic E-state index is -3.89. The second-order valence-corrected chi connectivity index (χ2v) is 6.98. The monoisotopic (exact) mass is 402 g/mol. The van der Waals surface area contributed by atoms with Gasteiger partial charge in [0.2, 0.25) is 5.71 Å². The first kappa shape index (κ1) is 20.5. The van der Waals surface area contributed by atoms with Crippen molar-refractivity contribution in [1.29, 1.82) is 10.7 Å². The van der Waals surface area contributed by atoms with Crippen molar-refractivity contribution in [3.63, 3.8) is 0 Å². The molecule has 2 aromatic carbocycles. The van der Waals surface area contributed by atoms with Crippen LogP contribution in [0.15, 0.2) is 52.5 Å². The molecule has 0 fully saturated rings. The summed E-state index contributed by atoms with van der Waals surface area (Å²) in [7, 11) is -0.995. The minimum Gasteiger partial charge on any atom is -0.497 e. The average Bonchev–Trinajstić information content (AvgIpc) is 2.68. The molecule has 0 aliphatic heterocycles. The van der Waals surface area contributed by atoms with Gasteiger partial charge in [-0.25, -0.2) is 8.42 Å². The Morgan fingerprint density at radius 1 is 1.18 bits per heavy atom. The molecule has 0 saturated heterocycles. The number of hydrazone groups is 1. The van der Waals surface area contributed by atoms with Crippen LogP contribution in [0.5, 0.6) is 11.5 Å². The Hall–Kier alpha value is -3.78. The van der Waals surface area contributed by atoms with E-state index in [1.165, 1.54) is 44.6 Å². The highest BCUT2D eigenvalue weighted by molar-refractivity contribution is 7.92. The van der Waals surface area contributed by atoms with Crippen molar-refractivity contribution < 1.29 is 17.9 Å². The Morgan fingerprint density at radius 2 is 1.86 bits per heavy atom. The van der Waals surface area contributed by atoms with E-state index in [2.05, 4.69) is 15.2 Å². The zero-order valence-electron chi connectivity index (χ0n) is 15.1. The van der Waals surface area contributed by atoms with Crippen molar-refractivity contribution in [3.8, 4) is 17.6 Å². The third kappa shape index (κ3) is 4.89. The zero-order chi connectivity index (χ0) is 20.7. The summed E-state index contributed by atoms with van der Waals surface area (Å²) in [5.41, 5.74) is 8.08. The molecule has 11 heteroatoms. The van der Waals surface area contributed by atoms with E-state index >= 15 is 0 Å². The highest BCUT2D eigenvalue weighted by Gasteiger charge is 2.17. The van der Waals surface area contributed by atoms with Crippen LogP contribution in [-0.2, 0) is 10.0 Å². The number of benzene rings is 2. The van der Waals surface area contributed by atoms with E-state index < -0.39 is 15.9 Å². The van der Waals surface area contributed by atoms with Gasteiger partial charge in [-0.1, -0.05) is 0 Å². The number of amidine groups is 1. The molecule has 0 aliphatic carbocycles. The van der Waals surface area contributed by atoms with Gasteiger partial charge in [-0.05, 0) is 36.4 Å². The summed E-state index contributed by atoms with van der Waals surface area (Å²) in [5.74, 6) is 0.325. The quantitative estimate of drug-likeness (QED) is 0.297.